The van der Waals surface area contributed by atoms with Gasteiger partial charge in [-0.3, -0.25) is 0 Å². The van der Waals surface area contributed by atoms with Crippen molar-refractivity contribution < 1.29 is 14.6 Å². The van der Waals surface area contributed by atoms with Crippen LogP contribution in [0, 0.1) is 0 Å². The molecule has 5 nitrogen and oxygen atoms in total. The molecule has 0 heterocycles. The summed E-state index contributed by atoms with van der Waals surface area (Å²) in [5.41, 5.74) is 0. The summed E-state index contributed by atoms with van der Waals surface area (Å²) < 4.78 is 10.7. The molecule has 1 unspecified atom stereocenters. The van der Waals surface area contributed by atoms with Gasteiger partial charge in [-0.1, -0.05) is 0 Å². The Labute approximate surface area is 117 Å². The zero-order valence-corrected chi connectivity index (χ0v) is 12.6. The molecule has 0 aromatic heterocycles. The summed E-state index contributed by atoms with van der Waals surface area (Å²) in [6.07, 6.45) is 2.47. The molecule has 1 rings (SSSR count). The number of aliphatic hydroxyl groups excluding tert-OH is 1. The van der Waals surface area contributed by atoms with Crippen LogP contribution in [0.3, 0.4) is 0 Å². The summed E-state index contributed by atoms with van der Waals surface area (Å²) >= 11 is 0. The second kappa shape index (κ2) is 9.66. The third-order valence-corrected chi connectivity index (χ3v) is 3.18. The smallest absolute Gasteiger partial charge is 0.0897 e. The maximum absolute atomic E-state index is 9.70. The van der Waals surface area contributed by atoms with Crippen molar-refractivity contribution in [2.75, 3.05) is 46.5 Å². The zero-order valence-electron chi connectivity index (χ0n) is 12.6. The number of ether oxygens (including phenoxy) is 2. The van der Waals surface area contributed by atoms with Crippen molar-refractivity contribution in [3.63, 3.8) is 0 Å². The third-order valence-electron chi connectivity index (χ3n) is 3.18. The molecule has 1 aliphatic rings. The van der Waals surface area contributed by atoms with E-state index in [9.17, 15) is 5.11 Å². The highest BCUT2D eigenvalue weighted by molar-refractivity contribution is 4.82. The summed E-state index contributed by atoms with van der Waals surface area (Å²) in [6.45, 7) is 8.04. The maximum atomic E-state index is 9.70. The fourth-order valence-corrected chi connectivity index (χ4v) is 1.84. The summed E-state index contributed by atoms with van der Waals surface area (Å²) in [4.78, 5) is 2.37. The fourth-order valence-electron chi connectivity index (χ4n) is 1.84. The number of hydrogen-bond acceptors (Lipinski definition) is 5. The zero-order chi connectivity index (χ0) is 14.1. The van der Waals surface area contributed by atoms with Crippen LogP contribution in [-0.4, -0.2) is 74.8 Å². The van der Waals surface area contributed by atoms with Gasteiger partial charge >= 0.3 is 0 Å². The van der Waals surface area contributed by atoms with Crippen LogP contribution in [0.2, 0.25) is 0 Å². The molecular weight excluding hydrogens is 244 g/mol. The van der Waals surface area contributed by atoms with E-state index in [1.165, 1.54) is 12.8 Å². The van der Waals surface area contributed by atoms with Gasteiger partial charge in [0.25, 0.3) is 0 Å². The first kappa shape index (κ1) is 16.9. The average Bonchev–Trinajstić information content (AvgIpc) is 3.17. The van der Waals surface area contributed by atoms with Gasteiger partial charge in [-0.05, 0) is 33.7 Å². The van der Waals surface area contributed by atoms with Crippen LogP contribution < -0.4 is 5.32 Å². The maximum Gasteiger partial charge on any atom is 0.0897 e. The molecule has 2 N–H and O–H groups in total. The van der Waals surface area contributed by atoms with Crippen LogP contribution in [0.15, 0.2) is 0 Å². The Balaban J connectivity index is 1.83. The molecule has 1 saturated carbocycles. The Hall–Kier alpha value is -0.200. The molecule has 5 heteroatoms. The molecule has 1 aliphatic carbocycles. The molecule has 0 radical (unpaired) electrons. The highest BCUT2D eigenvalue weighted by Crippen LogP contribution is 2.24. The molecule has 1 fully saturated rings. The lowest BCUT2D eigenvalue weighted by Crippen LogP contribution is -2.36. The minimum atomic E-state index is -0.440. The van der Waals surface area contributed by atoms with Gasteiger partial charge in [-0.2, -0.15) is 0 Å². The Morgan fingerprint density at radius 1 is 1.32 bits per heavy atom. The van der Waals surface area contributed by atoms with E-state index in [1.807, 2.05) is 13.8 Å². The monoisotopic (exact) mass is 274 g/mol. The number of nitrogens with zero attached hydrogens (tertiary/aromatic N) is 1. The molecule has 114 valence electrons. The summed E-state index contributed by atoms with van der Waals surface area (Å²) in [5.74, 6) is 0. The third kappa shape index (κ3) is 9.35. The SMILES string of the molecule is CC(C)OCCOCC(O)CNCCN(C)C1CC1. The largest absolute Gasteiger partial charge is 0.389 e. The fraction of sp³-hybridized carbons (Fsp3) is 1.00. The summed E-state index contributed by atoms with van der Waals surface area (Å²) in [6, 6.07) is 0.802. The van der Waals surface area contributed by atoms with Gasteiger partial charge in [0.2, 0.25) is 0 Å². The minimum absolute atomic E-state index is 0.235. The van der Waals surface area contributed by atoms with Crippen molar-refractivity contribution in [1.29, 1.82) is 0 Å². The molecule has 0 aromatic carbocycles. The van der Waals surface area contributed by atoms with Crippen LogP contribution in [0.4, 0.5) is 0 Å². The molecule has 0 spiro atoms. The van der Waals surface area contributed by atoms with Crippen LogP contribution >= 0.6 is 0 Å². The molecule has 0 amide bonds. The topological polar surface area (TPSA) is 54.0 Å². The molecule has 0 saturated heterocycles. The molecule has 0 bridgehead atoms. The lowest BCUT2D eigenvalue weighted by atomic mass is 10.3. The predicted octanol–water partition coefficient (Wildman–Crippen LogP) is 0.473. The minimum Gasteiger partial charge on any atom is -0.389 e. The molecule has 0 aliphatic heterocycles. The normalized spacial score (nSPS) is 17.4. The van der Waals surface area contributed by atoms with Crippen LogP contribution in [-0.2, 0) is 9.47 Å². The van der Waals surface area contributed by atoms with Crippen molar-refractivity contribution in [3.8, 4) is 0 Å². The first-order chi connectivity index (χ1) is 9.09. The first-order valence-electron chi connectivity index (χ1n) is 7.38. The van der Waals surface area contributed by atoms with Gasteiger partial charge in [-0.15, -0.1) is 0 Å². The van der Waals surface area contributed by atoms with Crippen LogP contribution in [0.1, 0.15) is 26.7 Å². The summed E-state index contributed by atoms with van der Waals surface area (Å²) in [5, 5.41) is 13.0. The van der Waals surface area contributed by atoms with Crippen molar-refractivity contribution >= 4 is 0 Å². The highest BCUT2D eigenvalue weighted by atomic mass is 16.5. The Bertz CT molecular complexity index is 223. The first-order valence-corrected chi connectivity index (χ1v) is 7.38. The van der Waals surface area contributed by atoms with Crippen molar-refractivity contribution in [3.05, 3.63) is 0 Å². The molecular formula is C14H30N2O3. The lowest BCUT2D eigenvalue weighted by molar-refractivity contribution is -0.00998. The number of rotatable bonds is 12. The second-order valence-electron chi connectivity index (χ2n) is 5.56. The second-order valence-corrected chi connectivity index (χ2v) is 5.56. The molecule has 1 atom stereocenters. The van der Waals surface area contributed by atoms with Gasteiger partial charge in [0.15, 0.2) is 0 Å². The number of aliphatic hydroxyl groups is 1. The average molecular weight is 274 g/mol. The van der Waals surface area contributed by atoms with Crippen LogP contribution in [0.25, 0.3) is 0 Å². The molecule has 19 heavy (non-hydrogen) atoms. The standard InChI is InChI=1S/C14H30N2O3/c1-12(2)19-9-8-18-11-14(17)10-15-6-7-16(3)13-4-5-13/h12-15,17H,4-11H2,1-3H3. The van der Waals surface area contributed by atoms with E-state index in [1.54, 1.807) is 0 Å². The van der Waals surface area contributed by atoms with E-state index in [0.717, 1.165) is 19.1 Å². The number of likely N-dealkylation sites (N-methyl/N-ethyl adjacent to an activating group) is 1. The van der Waals surface area contributed by atoms with E-state index < -0.39 is 6.10 Å². The van der Waals surface area contributed by atoms with Crippen molar-refractivity contribution in [2.45, 2.75) is 44.9 Å². The van der Waals surface area contributed by atoms with E-state index in [4.69, 9.17) is 9.47 Å². The van der Waals surface area contributed by atoms with E-state index in [0.29, 0.717) is 26.4 Å². The van der Waals surface area contributed by atoms with Gasteiger partial charge < -0.3 is 24.8 Å². The lowest BCUT2D eigenvalue weighted by Gasteiger charge is -2.17. The Morgan fingerprint density at radius 3 is 2.68 bits per heavy atom. The number of hydrogen-bond donors (Lipinski definition) is 2. The highest BCUT2D eigenvalue weighted by Gasteiger charge is 2.25. The van der Waals surface area contributed by atoms with E-state index >= 15 is 0 Å². The van der Waals surface area contributed by atoms with Crippen molar-refractivity contribution in [1.82, 2.24) is 10.2 Å². The van der Waals surface area contributed by atoms with Crippen LogP contribution in [0.5, 0.6) is 0 Å². The van der Waals surface area contributed by atoms with E-state index in [2.05, 4.69) is 17.3 Å². The van der Waals surface area contributed by atoms with Crippen molar-refractivity contribution in [2.24, 2.45) is 0 Å². The molecule has 0 aromatic rings. The van der Waals surface area contributed by atoms with Gasteiger partial charge in [0.05, 0.1) is 32.0 Å². The number of nitrogens with one attached hydrogen (secondary N) is 1. The van der Waals surface area contributed by atoms with Gasteiger partial charge in [0, 0.05) is 25.7 Å². The van der Waals surface area contributed by atoms with Gasteiger partial charge in [-0.25, -0.2) is 0 Å². The van der Waals surface area contributed by atoms with E-state index in [-0.39, 0.29) is 6.10 Å². The quantitative estimate of drug-likeness (QED) is 0.507. The Kier molecular flexibility index (Phi) is 8.57. The van der Waals surface area contributed by atoms with Gasteiger partial charge in [0.1, 0.15) is 0 Å². The summed E-state index contributed by atoms with van der Waals surface area (Å²) in [7, 11) is 2.16. The predicted molar refractivity (Wildman–Crippen MR) is 76.4 cm³/mol. The Morgan fingerprint density at radius 2 is 2.05 bits per heavy atom.